The van der Waals surface area contributed by atoms with Crippen LogP contribution in [0.2, 0.25) is 0 Å². The Morgan fingerprint density at radius 1 is 1.55 bits per heavy atom. The quantitative estimate of drug-likeness (QED) is 0.628. The molecule has 0 aromatic carbocycles. The molecule has 0 heterocycles. The summed E-state index contributed by atoms with van der Waals surface area (Å²) in [6.45, 7) is 2.07. The van der Waals surface area contributed by atoms with Crippen LogP contribution < -0.4 is 9.44 Å². The highest BCUT2D eigenvalue weighted by Gasteiger charge is 2.37. The molecule has 66 valence electrons. The predicted molar refractivity (Wildman–Crippen MR) is 43.3 cm³/mol. The van der Waals surface area contributed by atoms with E-state index in [9.17, 15) is 8.42 Å². The lowest BCUT2D eigenvalue weighted by molar-refractivity contribution is 0.567. The third-order valence-corrected chi connectivity index (χ3v) is 3.17. The Labute approximate surface area is 67.6 Å². The summed E-state index contributed by atoms with van der Waals surface area (Å²) in [5.74, 6) is 0.554. The van der Waals surface area contributed by atoms with Crippen LogP contribution in [0.1, 0.15) is 19.8 Å². The zero-order valence-corrected chi connectivity index (χ0v) is 7.61. The van der Waals surface area contributed by atoms with Crippen molar-refractivity contribution in [2.75, 3.05) is 7.05 Å². The van der Waals surface area contributed by atoms with E-state index < -0.39 is 10.2 Å². The van der Waals surface area contributed by atoms with E-state index in [2.05, 4.69) is 16.4 Å². The minimum atomic E-state index is -3.20. The number of nitrogens with one attached hydrogen (secondary N) is 2. The molecule has 0 spiro atoms. The Bertz CT molecular complexity index is 225. The second kappa shape index (κ2) is 3.08. The van der Waals surface area contributed by atoms with Gasteiger partial charge < -0.3 is 0 Å². The Morgan fingerprint density at radius 2 is 2.18 bits per heavy atom. The van der Waals surface area contributed by atoms with E-state index in [1.54, 1.807) is 0 Å². The Balaban J connectivity index is 2.34. The molecule has 0 aromatic rings. The van der Waals surface area contributed by atoms with Crippen molar-refractivity contribution in [1.29, 1.82) is 0 Å². The van der Waals surface area contributed by atoms with Gasteiger partial charge in [-0.1, -0.05) is 13.3 Å². The molecule has 1 saturated carbocycles. The average molecular weight is 178 g/mol. The molecule has 11 heavy (non-hydrogen) atoms. The molecule has 0 aliphatic heterocycles. The van der Waals surface area contributed by atoms with Gasteiger partial charge in [-0.15, -0.1) is 0 Å². The maximum absolute atomic E-state index is 10.9. The first-order chi connectivity index (χ1) is 5.09. The molecule has 1 aliphatic rings. The Kier molecular flexibility index (Phi) is 2.51. The molecule has 0 bridgehead atoms. The summed E-state index contributed by atoms with van der Waals surface area (Å²) in [5, 5.41) is 0. The Hall–Kier alpha value is -0.130. The average Bonchev–Trinajstić information content (AvgIpc) is 2.67. The SMILES string of the molecule is CC[C@@H]1C[C@H]1NS(=O)(=O)NC. The first kappa shape index (κ1) is 8.96. The van der Waals surface area contributed by atoms with E-state index >= 15 is 0 Å². The maximum atomic E-state index is 10.9. The third-order valence-electron chi connectivity index (χ3n) is 2.02. The van der Waals surface area contributed by atoms with Gasteiger partial charge in [0.1, 0.15) is 0 Å². The lowest BCUT2D eigenvalue weighted by atomic mass is 10.3. The third kappa shape index (κ3) is 2.43. The van der Waals surface area contributed by atoms with Crippen LogP contribution in [0.4, 0.5) is 0 Å². The fourth-order valence-corrected chi connectivity index (χ4v) is 1.91. The summed E-state index contributed by atoms with van der Waals surface area (Å²) < 4.78 is 26.5. The molecular weight excluding hydrogens is 164 g/mol. The molecule has 1 aliphatic carbocycles. The van der Waals surface area contributed by atoms with Gasteiger partial charge in [-0.25, -0.2) is 4.72 Å². The summed E-state index contributed by atoms with van der Waals surface area (Å²) in [6.07, 6.45) is 2.04. The van der Waals surface area contributed by atoms with Crippen LogP contribution in [-0.4, -0.2) is 21.5 Å². The van der Waals surface area contributed by atoms with Gasteiger partial charge in [0.25, 0.3) is 10.2 Å². The molecule has 1 rings (SSSR count). The highest BCUT2D eigenvalue weighted by Crippen LogP contribution is 2.33. The maximum Gasteiger partial charge on any atom is 0.276 e. The van der Waals surface area contributed by atoms with Gasteiger partial charge in [0.2, 0.25) is 0 Å². The van der Waals surface area contributed by atoms with Crippen LogP contribution in [-0.2, 0) is 10.2 Å². The summed E-state index contributed by atoms with van der Waals surface area (Å²) in [6, 6.07) is 0.178. The van der Waals surface area contributed by atoms with Crippen molar-refractivity contribution in [3.8, 4) is 0 Å². The van der Waals surface area contributed by atoms with Gasteiger partial charge in [0, 0.05) is 13.1 Å². The highest BCUT2D eigenvalue weighted by atomic mass is 32.2. The Morgan fingerprint density at radius 3 is 2.55 bits per heavy atom. The van der Waals surface area contributed by atoms with Crippen molar-refractivity contribution in [2.24, 2.45) is 5.92 Å². The van der Waals surface area contributed by atoms with E-state index in [0.29, 0.717) is 5.92 Å². The van der Waals surface area contributed by atoms with Gasteiger partial charge in [-0.3, -0.25) is 0 Å². The molecule has 0 unspecified atom stereocenters. The molecule has 0 aromatic heterocycles. The molecule has 5 heteroatoms. The van der Waals surface area contributed by atoms with Gasteiger partial charge >= 0.3 is 0 Å². The van der Waals surface area contributed by atoms with Crippen LogP contribution in [0.5, 0.6) is 0 Å². The van der Waals surface area contributed by atoms with E-state index in [0.717, 1.165) is 12.8 Å². The van der Waals surface area contributed by atoms with Crippen LogP contribution >= 0.6 is 0 Å². The van der Waals surface area contributed by atoms with Crippen LogP contribution in [0.3, 0.4) is 0 Å². The van der Waals surface area contributed by atoms with E-state index in [4.69, 9.17) is 0 Å². The molecule has 0 radical (unpaired) electrons. The smallest absolute Gasteiger partial charge is 0.205 e. The second-order valence-electron chi connectivity index (χ2n) is 2.84. The normalized spacial score (nSPS) is 30.4. The first-order valence-corrected chi connectivity index (χ1v) is 5.28. The minimum Gasteiger partial charge on any atom is -0.205 e. The number of hydrogen-bond donors (Lipinski definition) is 2. The fraction of sp³-hybridized carbons (Fsp3) is 1.00. The summed E-state index contributed by atoms with van der Waals surface area (Å²) in [7, 11) is -1.79. The summed E-state index contributed by atoms with van der Waals surface area (Å²) in [5.41, 5.74) is 0. The molecule has 0 amide bonds. The molecular formula is C6H14N2O2S. The van der Waals surface area contributed by atoms with Crippen molar-refractivity contribution in [1.82, 2.24) is 9.44 Å². The standard InChI is InChI=1S/C6H14N2O2S/c1-3-5-4-6(5)8-11(9,10)7-2/h5-8H,3-4H2,1-2H3/t5-,6-/m1/s1. The molecule has 1 fully saturated rings. The molecule has 0 saturated heterocycles. The van der Waals surface area contributed by atoms with E-state index in [-0.39, 0.29) is 6.04 Å². The van der Waals surface area contributed by atoms with Crippen LogP contribution in [0.25, 0.3) is 0 Å². The van der Waals surface area contributed by atoms with Gasteiger partial charge in [0.15, 0.2) is 0 Å². The molecule has 4 nitrogen and oxygen atoms in total. The van der Waals surface area contributed by atoms with Crippen molar-refractivity contribution >= 4 is 10.2 Å². The monoisotopic (exact) mass is 178 g/mol. The van der Waals surface area contributed by atoms with Gasteiger partial charge in [0.05, 0.1) is 0 Å². The van der Waals surface area contributed by atoms with E-state index in [1.807, 2.05) is 0 Å². The van der Waals surface area contributed by atoms with Crippen molar-refractivity contribution in [2.45, 2.75) is 25.8 Å². The van der Waals surface area contributed by atoms with E-state index in [1.165, 1.54) is 7.05 Å². The molecule has 2 N–H and O–H groups in total. The highest BCUT2D eigenvalue weighted by molar-refractivity contribution is 7.87. The predicted octanol–water partition coefficient (Wildman–Crippen LogP) is -0.161. The topological polar surface area (TPSA) is 58.2 Å². The number of hydrogen-bond acceptors (Lipinski definition) is 2. The lowest BCUT2D eigenvalue weighted by Crippen LogP contribution is -2.36. The minimum absolute atomic E-state index is 0.178. The van der Waals surface area contributed by atoms with Crippen LogP contribution in [0.15, 0.2) is 0 Å². The summed E-state index contributed by atoms with van der Waals surface area (Å²) >= 11 is 0. The van der Waals surface area contributed by atoms with Crippen molar-refractivity contribution in [3.05, 3.63) is 0 Å². The largest absolute Gasteiger partial charge is 0.276 e. The lowest BCUT2D eigenvalue weighted by Gasteiger charge is -2.02. The van der Waals surface area contributed by atoms with Crippen molar-refractivity contribution in [3.63, 3.8) is 0 Å². The zero-order valence-electron chi connectivity index (χ0n) is 6.79. The first-order valence-electron chi connectivity index (χ1n) is 3.80. The van der Waals surface area contributed by atoms with Gasteiger partial charge in [-0.2, -0.15) is 13.1 Å². The molecule has 2 atom stereocenters. The fourth-order valence-electron chi connectivity index (χ4n) is 1.10. The van der Waals surface area contributed by atoms with Crippen LogP contribution in [0, 0.1) is 5.92 Å². The zero-order chi connectivity index (χ0) is 8.48. The van der Waals surface area contributed by atoms with Gasteiger partial charge in [-0.05, 0) is 12.3 Å². The second-order valence-corrected chi connectivity index (χ2v) is 4.49. The number of rotatable bonds is 4. The summed E-state index contributed by atoms with van der Waals surface area (Å²) in [4.78, 5) is 0. The van der Waals surface area contributed by atoms with Crippen molar-refractivity contribution < 1.29 is 8.42 Å².